The molecule has 0 spiro atoms. The van der Waals surface area contributed by atoms with Crippen LogP contribution in [0.4, 0.5) is 9.59 Å². The van der Waals surface area contributed by atoms with Crippen molar-refractivity contribution in [3.05, 3.63) is 89.0 Å². The van der Waals surface area contributed by atoms with Gasteiger partial charge in [-0.3, -0.25) is 4.79 Å². The summed E-state index contributed by atoms with van der Waals surface area (Å²) >= 11 is 0. The van der Waals surface area contributed by atoms with Gasteiger partial charge in [-0.2, -0.15) is 5.26 Å². The molecule has 0 bridgehead atoms. The van der Waals surface area contributed by atoms with Gasteiger partial charge >= 0.3 is 12.2 Å². The van der Waals surface area contributed by atoms with E-state index in [2.05, 4.69) is 11.4 Å². The topological polar surface area (TPSA) is 130 Å². The fourth-order valence-electron chi connectivity index (χ4n) is 4.47. The zero-order valence-electron chi connectivity index (χ0n) is 26.0. The van der Waals surface area contributed by atoms with Gasteiger partial charge in [-0.1, -0.05) is 24.3 Å². The molecule has 0 aliphatic carbocycles. The van der Waals surface area contributed by atoms with E-state index in [0.717, 1.165) is 11.1 Å². The first-order valence-electron chi connectivity index (χ1n) is 14.7. The van der Waals surface area contributed by atoms with Crippen LogP contribution in [0, 0.1) is 11.3 Å². The first kappa shape index (κ1) is 32.7. The van der Waals surface area contributed by atoms with Crippen LogP contribution in [0.3, 0.4) is 0 Å². The molecule has 0 radical (unpaired) electrons. The maximum atomic E-state index is 13.5. The van der Waals surface area contributed by atoms with E-state index in [4.69, 9.17) is 24.2 Å². The minimum atomic E-state index is -0.570. The molecule has 1 saturated heterocycles. The summed E-state index contributed by atoms with van der Waals surface area (Å²) in [4.78, 5) is 40.9. The van der Waals surface area contributed by atoms with E-state index in [9.17, 15) is 14.4 Å². The van der Waals surface area contributed by atoms with Crippen molar-refractivity contribution in [2.24, 2.45) is 0 Å². The van der Waals surface area contributed by atoms with Gasteiger partial charge in [-0.15, -0.1) is 0 Å². The molecule has 4 rings (SSSR count). The molecular weight excluding hydrogens is 576 g/mol. The van der Waals surface area contributed by atoms with E-state index in [1.807, 2.05) is 45.0 Å². The summed E-state index contributed by atoms with van der Waals surface area (Å²) in [5.74, 6) is 1.12. The predicted molar refractivity (Wildman–Crippen MR) is 166 cm³/mol. The van der Waals surface area contributed by atoms with Crippen LogP contribution in [0.25, 0.3) is 0 Å². The van der Waals surface area contributed by atoms with Gasteiger partial charge in [0.05, 0.1) is 18.2 Å². The minimum Gasteiger partial charge on any atom is -0.489 e. The molecule has 3 aromatic rings. The molecular formula is C34H38N4O7. The molecule has 236 valence electrons. The van der Waals surface area contributed by atoms with Crippen LogP contribution < -0.4 is 14.8 Å². The Hall–Kier alpha value is -5.24. The molecule has 1 N–H and O–H groups in total. The Balaban J connectivity index is 1.45. The van der Waals surface area contributed by atoms with Crippen molar-refractivity contribution < 1.29 is 33.3 Å². The van der Waals surface area contributed by atoms with Gasteiger partial charge in [-0.25, -0.2) is 9.59 Å². The molecule has 0 atom stereocenters. The highest BCUT2D eigenvalue weighted by Gasteiger charge is 2.26. The van der Waals surface area contributed by atoms with Gasteiger partial charge in [0.2, 0.25) is 0 Å². The number of nitrogens with zero attached hydrogens (tertiary/aromatic N) is 3. The molecule has 3 amide bonds. The predicted octanol–water partition coefficient (Wildman–Crippen LogP) is 5.87. The molecule has 1 aliphatic rings. The van der Waals surface area contributed by atoms with Gasteiger partial charge in [-0.05, 0) is 75.2 Å². The normalized spacial score (nSPS) is 13.0. The number of piperazine rings is 1. The van der Waals surface area contributed by atoms with Crippen LogP contribution in [-0.2, 0) is 22.6 Å². The Morgan fingerprint density at radius 1 is 0.844 bits per heavy atom. The molecule has 1 aliphatic heterocycles. The SMILES string of the molecule is CCOC(=O)N1CCN(C(=O)c2cc(OCc3ccc(CNC(=O)OC(C)(C)C)cc3)cc(Oc3ccc(C#N)cc3)c2)CC1. The second-order valence-corrected chi connectivity index (χ2v) is 11.4. The second-order valence-electron chi connectivity index (χ2n) is 11.4. The van der Waals surface area contributed by atoms with Crippen molar-refractivity contribution in [3.8, 4) is 23.3 Å². The number of ether oxygens (including phenoxy) is 4. The Morgan fingerprint density at radius 3 is 2.09 bits per heavy atom. The molecule has 0 unspecified atom stereocenters. The van der Waals surface area contributed by atoms with E-state index in [-0.39, 0.29) is 18.6 Å². The molecule has 3 aromatic carbocycles. The van der Waals surface area contributed by atoms with Crippen molar-refractivity contribution in [2.45, 2.75) is 46.4 Å². The Bertz CT molecular complexity index is 1520. The van der Waals surface area contributed by atoms with Crippen LogP contribution >= 0.6 is 0 Å². The number of rotatable bonds is 9. The third-order valence-electron chi connectivity index (χ3n) is 6.70. The number of carbonyl (C=O) groups is 3. The molecule has 11 nitrogen and oxygen atoms in total. The molecule has 0 aromatic heterocycles. The maximum absolute atomic E-state index is 13.5. The maximum Gasteiger partial charge on any atom is 0.409 e. The summed E-state index contributed by atoms with van der Waals surface area (Å²) in [6.45, 7) is 9.51. The number of hydrogen-bond donors (Lipinski definition) is 1. The Kier molecular flexibility index (Phi) is 10.9. The highest BCUT2D eigenvalue weighted by molar-refractivity contribution is 5.95. The molecule has 1 heterocycles. The average molecular weight is 615 g/mol. The number of nitrogens with one attached hydrogen (secondary N) is 1. The van der Waals surface area contributed by atoms with Crippen molar-refractivity contribution in [3.63, 3.8) is 0 Å². The monoisotopic (exact) mass is 614 g/mol. The van der Waals surface area contributed by atoms with Crippen molar-refractivity contribution in [1.82, 2.24) is 15.1 Å². The standard InChI is InChI=1S/C34H38N4O7/c1-5-42-33(41)38-16-14-37(15-17-38)31(39)27-18-29(20-30(19-27)44-28-12-10-24(21-35)11-13-28)43-23-26-8-6-25(7-9-26)22-36-32(40)45-34(2,3)4/h6-13,18-20H,5,14-17,22-23H2,1-4H3,(H,36,40). The van der Waals surface area contributed by atoms with E-state index in [0.29, 0.717) is 67.7 Å². The quantitative estimate of drug-likeness (QED) is 0.317. The number of amides is 3. The first-order valence-corrected chi connectivity index (χ1v) is 14.7. The lowest BCUT2D eigenvalue weighted by molar-refractivity contribution is 0.0523. The highest BCUT2D eigenvalue weighted by Crippen LogP contribution is 2.29. The fourth-order valence-corrected chi connectivity index (χ4v) is 4.47. The highest BCUT2D eigenvalue weighted by atomic mass is 16.6. The van der Waals surface area contributed by atoms with Gasteiger partial charge in [0.1, 0.15) is 29.5 Å². The lowest BCUT2D eigenvalue weighted by atomic mass is 10.1. The third kappa shape index (κ3) is 9.89. The van der Waals surface area contributed by atoms with Crippen molar-refractivity contribution in [2.75, 3.05) is 32.8 Å². The third-order valence-corrected chi connectivity index (χ3v) is 6.70. The molecule has 11 heteroatoms. The van der Waals surface area contributed by atoms with Crippen LogP contribution in [0.5, 0.6) is 17.2 Å². The average Bonchev–Trinajstić information content (AvgIpc) is 3.02. The lowest BCUT2D eigenvalue weighted by Gasteiger charge is -2.34. The van der Waals surface area contributed by atoms with Crippen LogP contribution in [0.15, 0.2) is 66.7 Å². The van der Waals surface area contributed by atoms with Crippen molar-refractivity contribution >= 4 is 18.1 Å². The number of carbonyl (C=O) groups excluding carboxylic acids is 3. The second kappa shape index (κ2) is 15.0. The van der Waals surface area contributed by atoms with Crippen molar-refractivity contribution in [1.29, 1.82) is 5.26 Å². The summed E-state index contributed by atoms with van der Waals surface area (Å²) in [6, 6.07) is 21.4. The zero-order valence-corrected chi connectivity index (χ0v) is 26.0. The Morgan fingerprint density at radius 2 is 1.47 bits per heavy atom. The van der Waals surface area contributed by atoms with E-state index in [1.54, 1.807) is 59.2 Å². The minimum absolute atomic E-state index is 0.213. The largest absolute Gasteiger partial charge is 0.489 e. The lowest BCUT2D eigenvalue weighted by Crippen LogP contribution is -2.50. The van der Waals surface area contributed by atoms with Gasteiger partial charge in [0.25, 0.3) is 5.91 Å². The summed E-state index contributed by atoms with van der Waals surface area (Å²) in [5.41, 5.74) is 2.10. The molecule has 45 heavy (non-hydrogen) atoms. The number of hydrogen-bond acceptors (Lipinski definition) is 8. The van der Waals surface area contributed by atoms with E-state index in [1.165, 1.54) is 0 Å². The van der Waals surface area contributed by atoms with Crippen LogP contribution in [0.2, 0.25) is 0 Å². The summed E-state index contributed by atoms with van der Waals surface area (Å²) in [5, 5.41) is 11.8. The van der Waals surface area contributed by atoms with Crippen LogP contribution in [0.1, 0.15) is 54.7 Å². The van der Waals surface area contributed by atoms with E-state index < -0.39 is 11.7 Å². The Labute approximate surface area is 263 Å². The number of alkyl carbamates (subject to hydrolysis) is 1. The van der Waals surface area contributed by atoms with Crippen LogP contribution in [-0.4, -0.2) is 66.3 Å². The smallest absolute Gasteiger partial charge is 0.409 e. The van der Waals surface area contributed by atoms with E-state index >= 15 is 0 Å². The fraction of sp³-hybridized carbons (Fsp3) is 0.353. The van der Waals surface area contributed by atoms with Gasteiger partial charge in [0.15, 0.2) is 0 Å². The number of benzene rings is 3. The van der Waals surface area contributed by atoms with Gasteiger partial charge < -0.3 is 34.1 Å². The summed E-state index contributed by atoms with van der Waals surface area (Å²) in [6.07, 6.45) is -0.866. The molecule has 0 saturated carbocycles. The summed E-state index contributed by atoms with van der Waals surface area (Å²) in [7, 11) is 0. The summed E-state index contributed by atoms with van der Waals surface area (Å²) < 4.78 is 22.5. The zero-order chi connectivity index (χ0) is 32.4. The molecule has 1 fully saturated rings. The number of nitriles is 1. The van der Waals surface area contributed by atoms with Gasteiger partial charge in [0, 0.05) is 44.4 Å². The first-order chi connectivity index (χ1) is 21.5.